The van der Waals surface area contributed by atoms with Crippen LogP contribution in [0.4, 0.5) is 0 Å². The zero-order valence-corrected chi connectivity index (χ0v) is 11.3. The second-order valence-electron chi connectivity index (χ2n) is 5.43. The molecule has 2 aliphatic rings. The van der Waals surface area contributed by atoms with E-state index >= 15 is 0 Å². The predicted octanol–water partition coefficient (Wildman–Crippen LogP) is 1.32. The standard InChI is InChI=1S/C12H24N2OS/c1-12(2)9-14(5-7-16-12)10(8-13)11-4-3-6-15-11/h10-11H,3-9,13H2,1-2H3. The van der Waals surface area contributed by atoms with E-state index in [4.69, 9.17) is 10.5 Å². The molecule has 2 unspecified atom stereocenters. The van der Waals surface area contributed by atoms with Crippen LogP contribution in [0.2, 0.25) is 0 Å². The average Bonchev–Trinajstić information content (AvgIpc) is 2.71. The Morgan fingerprint density at radius 3 is 2.94 bits per heavy atom. The number of thioether (sulfide) groups is 1. The highest BCUT2D eigenvalue weighted by molar-refractivity contribution is 8.00. The maximum Gasteiger partial charge on any atom is 0.0743 e. The minimum atomic E-state index is 0.365. The summed E-state index contributed by atoms with van der Waals surface area (Å²) in [6, 6.07) is 0.433. The quantitative estimate of drug-likeness (QED) is 0.812. The van der Waals surface area contributed by atoms with E-state index in [9.17, 15) is 0 Å². The first kappa shape index (κ1) is 12.7. The Hall–Kier alpha value is 0.230. The van der Waals surface area contributed by atoms with Crippen LogP contribution in [0, 0.1) is 0 Å². The molecule has 16 heavy (non-hydrogen) atoms. The van der Waals surface area contributed by atoms with Crippen molar-refractivity contribution in [2.75, 3.05) is 32.0 Å². The number of rotatable bonds is 3. The largest absolute Gasteiger partial charge is 0.377 e. The Bertz CT molecular complexity index is 229. The van der Waals surface area contributed by atoms with E-state index in [-0.39, 0.29) is 0 Å². The van der Waals surface area contributed by atoms with Crippen molar-refractivity contribution in [2.24, 2.45) is 5.73 Å². The highest BCUT2D eigenvalue weighted by Crippen LogP contribution is 2.32. The van der Waals surface area contributed by atoms with Crippen LogP contribution in [0.5, 0.6) is 0 Å². The summed E-state index contributed by atoms with van der Waals surface area (Å²) < 4.78 is 6.16. The van der Waals surface area contributed by atoms with Gasteiger partial charge in [-0.25, -0.2) is 0 Å². The fourth-order valence-corrected chi connectivity index (χ4v) is 3.91. The first-order valence-electron chi connectivity index (χ1n) is 6.32. The summed E-state index contributed by atoms with van der Waals surface area (Å²) in [5.74, 6) is 1.22. The Kier molecular flexibility index (Phi) is 4.16. The molecule has 0 aromatic heterocycles. The van der Waals surface area contributed by atoms with Gasteiger partial charge >= 0.3 is 0 Å². The van der Waals surface area contributed by atoms with Crippen LogP contribution in [-0.2, 0) is 4.74 Å². The van der Waals surface area contributed by atoms with Crippen molar-refractivity contribution in [3.05, 3.63) is 0 Å². The van der Waals surface area contributed by atoms with Crippen LogP contribution in [0.3, 0.4) is 0 Å². The smallest absolute Gasteiger partial charge is 0.0743 e. The molecular weight excluding hydrogens is 220 g/mol. The highest BCUT2D eigenvalue weighted by Gasteiger charge is 2.35. The van der Waals surface area contributed by atoms with Gasteiger partial charge in [0.2, 0.25) is 0 Å². The van der Waals surface area contributed by atoms with E-state index < -0.39 is 0 Å². The van der Waals surface area contributed by atoms with Gasteiger partial charge in [0.25, 0.3) is 0 Å². The highest BCUT2D eigenvalue weighted by atomic mass is 32.2. The van der Waals surface area contributed by atoms with Gasteiger partial charge in [-0.15, -0.1) is 0 Å². The van der Waals surface area contributed by atoms with Crippen molar-refractivity contribution in [1.29, 1.82) is 0 Å². The van der Waals surface area contributed by atoms with E-state index in [1.807, 2.05) is 0 Å². The van der Waals surface area contributed by atoms with Gasteiger partial charge in [-0.3, -0.25) is 4.90 Å². The molecule has 2 saturated heterocycles. The van der Waals surface area contributed by atoms with E-state index in [2.05, 4.69) is 30.5 Å². The summed E-state index contributed by atoms with van der Waals surface area (Å²) in [7, 11) is 0. The minimum absolute atomic E-state index is 0.365. The molecule has 4 heteroatoms. The van der Waals surface area contributed by atoms with Crippen LogP contribution >= 0.6 is 11.8 Å². The lowest BCUT2D eigenvalue weighted by molar-refractivity contribution is 0.0254. The second kappa shape index (κ2) is 5.25. The van der Waals surface area contributed by atoms with Gasteiger partial charge in [0.1, 0.15) is 0 Å². The zero-order valence-electron chi connectivity index (χ0n) is 10.4. The fourth-order valence-electron chi connectivity index (χ4n) is 2.78. The van der Waals surface area contributed by atoms with Gasteiger partial charge in [0.15, 0.2) is 0 Å². The van der Waals surface area contributed by atoms with Gasteiger partial charge in [0, 0.05) is 42.8 Å². The molecule has 2 atom stereocenters. The van der Waals surface area contributed by atoms with Gasteiger partial charge in [-0.2, -0.15) is 11.8 Å². The fraction of sp³-hybridized carbons (Fsp3) is 1.00. The molecule has 0 radical (unpaired) electrons. The molecule has 0 bridgehead atoms. The summed E-state index contributed by atoms with van der Waals surface area (Å²) in [6.45, 7) is 8.60. The zero-order chi connectivity index (χ0) is 11.6. The molecule has 3 nitrogen and oxygen atoms in total. The maximum atomic E-state index is 5.94. The number of hydrogen-bond acceptors (Lipinski definition) is 4. The van der Waals surface area contributed by atoms with Crippen molar-refractivity contribution in [3.8, 4) is 0 Å². The molecule has 0 aromatic rings. The van der Waals surface area contributed by atoms with Gasteiger partial charge in [-0.05, 0) is 26.7 Å². The van der Waals surface area contributed by atoms with Gasteiger partial charge in [0.05, 0.1) is 6.10 Å². The normalized spacial score (nSPS) is 32.8. The molecule has 2 fully saturated rings. The Morgan fingerprint density at radius 1 is 1.56 bits per heavy atom. The maximum absolute atomic E-state index is 5.94. The molecule has 0 spiro atoms. The molecule has 0 saturated carbocycles. The summed E-state index contributed by atoms with van der Waals surface area (Å²) in [4.78, 5) is 2.55. The molecule has 2 N–H and O–H groups in total. The lowest BCUT2D eigenvalue weighted by Crippen LogP contribution is -2.55. The summed E-state index contributed by atoms with van der Waals surface area (Å²) in [5.41, 5.74) is 5.94. The third-order valence-electron chi connectivity index (χ3n) is 3.56. The molecule has 0 amide bonds. The van der Waals surface area contributed by atoms with Crippen molar-refractivity contribution in [2.45, 2.75) is 43.6 Å². The number of ether oxygens (including phenoxy) is 1. The second-order valence-corrected chi connectivity index (χ2v) is 7.24. The first-order chi connectivity index (χ1) is 7.62. The van der Waals surface area contributed by atoms with Crippen LogP contribution in [-0.4, -0.2) is 53.8 Å². The minimum Gasteiger partial charge on any atom is -0.377 e. The van der Waals surface area contributed by atoms with Crippen molar-refractivity contribution >= 4 is 11.8 Å². The number of nitrogens with two attached hydrogens (primary N) is 1. The van der Waals surface area contributed by atoms with Crippen LogP contribution in [0.1, 0.15) is 26.7 Å². The van der Waals surface area contributed by atoms with Gasteiger partial charge in [-0.1, -0.05) is 0 Å². The summed E-state index contributed by atoms with van der Waals surface area (Å²) >= 11 is 2.07. The average molecular weight is 244 g/mol. The topological polar surface area (TPSA) is 38.5 Å². The Balaban J connectivity index is 1.97. The van der Waals surface area contributed by atoms with Gasteiger partial charge < -0.3 is 10.5 Å². The number of hydrogen-bond donors (Lipinski definition) is 1. The molecule has 0 aliphatic carbocycles. The third kappa shape index (κ3) is 2.92. The Labute approximate surface area is 103 Å². The molecule has 94 valence electrons. The van der Waals surface area contributed by atoms with E-state index in [1.54, 1.807) is 0 Å². The van der Waals surface area contributed by atoms with Crippen molar-refractivity contribution in [1.82, 2.24) is 4.90 Å². The molecule has 0 aromatic carbocycles. The predicted molar refractivity (Wildman–Crippen MR) is 69.9 cm³/mol. The summed E-state index contributed by atoms with van der Waals surface area (Å²) in [6.07, 6.45) is 2.77. The third-order valence-corrected chi connectivity index (χ3v) is 4.86. The SMILES string of the molecule is CC1(C)CN(C(CN)C2CCCO2)CCS1. The first-order valence-corrected chi connectivity index (χ1v) is 7.31. The Morgan fingerprint density at radius 2 is 2.38 bits per heavy atom. The monoisotopic (exact) mass is 244 g/mol. The molecule has 2 aliphatic heterocycles. The van der Waals surface area contributed by atoms with Crippen molar-refractivity contribution < 1.29 is 4.74 Å². The lowest BCUT2D eigenvalue weighted by atomic mass is 10.0. The van der Waals surface area contributed by atoms with Crippen LogP contribution < -0.4 is 5.73 Å². The van der Waals surface area contributed by atoms with E-state index in [0.29, 0.717) is 16.9 Å². The van der Waals surface area contributed by atoms with Crippen molar-refractivity contribution in [3.63, 3.8) is 0 Å². The molecular formula is C12H24N2OS. The molecule has 2 rings (SSSR count). The summed E-state index contributed by atoms with van der Waals surface area (Å²) in [5, 5.41) is 0. The van der Waals surface area contributed by atoms with E-state index in [0.717, 1.165) is 26.2 Å². The molecule has 2 heterocycles. The van der Waals surface area contributed by atoms with Crippen LogP contribution in [0.15, 0.2) is 0 Å². The lowest BCUT2D eigenvalue weighted by Gasteiger charge is -2.43. The van der Waals surface area contributed by atoms with E-state index in [1.165, 1.54) is 18.6 Å². The number of nitrogens with zero attached hydrogens (tertiary/aromatic N) is 1. The van der Waals surface area contributed by atoms with Crippen LogP contribution in [0.25, 0.3) is 0 Å².